The average Bonchev–Trinajstić information content (AvgIpc) is 2.46. The molecule has 1 amide bonds. The number of amides is 1. The number of carbonyl (C=O) groups is 2. The summed E-state index contributed by atoms with van der Waals surface area (Å²) in [5, 5.41) is 2.92. The van der Waals surface area contributed by atoms with E-state index in [2.05, 4.69) is 22.2 Å². The molecule has 0 fully saturated rings. The second kappa shape index (κ2) is 9.16. The van der Waals surface area contributed by atoms with Gasteiger partial charge in [-0.2, -0.15) is 0 Å². The first-order valence-electron chi connectivity index (χ1n) is 7.42. The van der Waals surface area contributed by atoms with Crippen molar-refractivity contribution in [3.05, 3.63) is 34.9 Å². The normalized spacial score (nSPS) is 10.2. The minimum Gasteiger partial charge on any atom is -0.469 e. The van der Waals surface area contributed by atoms with Gasteiger partial charge in [-0.05, 0) is 37.8 Å². The Hall–Kier alpha value is -1.84. The topological polar surface area (TPSA) is 55.4 Å². The van der Waals surface area contributed by atoms with Crippen molar-refractivity contribution in [1.29, 1.82) is 0 Å². The molecule has 0 bridgehead atoms. The summed E-state index contributed by atoms with van der Waals surface area (Å²) in [4.78, 5) is 22.8. The molecular formula is C17H25NO3. The van der Waals surface area contributed by atoms with E-state index in [0.29, 0.717) is 19.4 Å². The molecule has 0 unspecified atom stereocenters. The largest absolute Gasteiger partial charge is 0.469 e. The van der Waals surface area contributed by atoms with Crippen LogP contribution in [0.3, 0.4) is 0 Å². The Morgan fingerprint density at radius 2 is 1.90 bits per heavy atom. The van der Waals surface area contributed by atoms with Crippen molar-refractivity contribution >= 4 is 11.9 Å². The van der Waals surface area contributed by atoms with Gasteiger partial charge in [0.1, 0.15) is 0 Å². The second-order valence-corrected chi connectivity index (χ2v) is 5.34. The van der Waals surface area contributed by atoms with Crippen LogP contribution in [-0.2, 0) is 20.7 Å². The first-order valence-corrected chi connectivity index (χ1v) is 7.42. The monoisotopic (exact) mass is 291 g/mol. The number of hydrogen-bond donors (Lipinski definition) is 1. The molecule has 4 nitrogen and oxygen atoms in total. The van der Waals surface area contributed by atoms with Gasteiger partial charge in [0, 0.05) is 13.0 Å². The van der Waals surface area contributed by atoms with E-state index in [0.717, 1.165) is 30.4 Å². The van der Waals surface area contributed by atoms with E-state index >= 15 is 0 Å². The number of hydrogen-bond acceptors (Lipinski definition) is 3. The van der Waals surface area contributed by atoms with Crippen LogP contribution >= 0.6 is 0 Å². The number of methoxy groups -OCH3 is 1. The number of aryl methyl sites for hydroxylation is 2. The molecule has 0 heterocycles. The van der Waals surface area contributed by atoms with Crippen molar-refractivity contribution in [3.63, 3.8) is 0 Å². The second-order valence-electron chi connectivity index (χ2n) is 5.34. The van der Waals surface area contributed by atoms with E-state index in [9.17, 15) is 9.59 Å². The molecular weight excluding hydrogens is 266 g/mol. The molecule has 0 atom stereocenters. The molecule has 4 heteroatoms. The summed E-state index contributed by atoms with van der Waals surface area (Å²) in [6.07, 6.45) is 3.48. The van der Waals surface area contributed by atoms with Crippen molar-refractivity contribution in [3.8, 4) is 0 Å². The van der Waals surface area contributed by atoms with Gasteiger partial charge in [0.05, 0.1) is 13.5 Å². The molecule has 116 valence electrons. The van der Waals surface area contributed by atoms with Crippen molar-refractivity contribution < 1.29 is 14.3 Å². The van der Waals surface area contributed by atoms with Crippen LogP contribution < -0.4 is 5.32 Å². The lowest BCUT2D eigenvalue weighted by molar-refractivity contribution is -0.140. The molecule has 0 aromatic heterocycles. The Morgan fingerprint density at radius 3 is 2.62 bits per heavy atom. The molecule has 0 spiro atoms. The molecule has 1 aromatic rings. The molecule has 0 aliphatic carbocycles. The highest BCUT2D eigenvalue weighted by atomic mass is 16.5. The summed E-state index contributed by atoms with van der Waals surface area (Å²) in [6.45, 7) is 4.71. The van der Waals surface area contributed by atoms with Gasteiger partial charge in [-0.25, -0.2) is 0 Å². The quantitative estimate of drug-likeness (QED) is 0.592. The Kier molecular flexibility index (Phi) is 7.51. The average molecular weight is 291 g/mol. The summed E-state index contributed by atoms with van der Waals surface area (Å²) in [5.41, 5.74) is 3.40. The van der Waals surface area contributed by atoms with Gasteiger partial charge < -0.3 is 10.1 Å². The Morgan fingerprint density at radius 1 is 1.14 bits per heavy atom. The zero-order chi connectivity index (χ0) is 15.7. The predicted molar refractivity (Wildman–Crippen MR) is 83.1 cm³/mol. The van der Waals surface area contributed by atoms with Crippen LogP contribution in [0, 0.1) is 13.8 Å². The molecule has 0 aliphatic rings. The third kappa shape index (κ3) is 6.93. The van der Waals surface area contributed by atoms with Crippen LogP contribution in [0.15, 0.2) is 18.2 Å². The van der Waals surface area contributed by atoms with Gasteiger partial charge in [-0.1, -0.05) is 30.2 Å². The summed E-state index contributed by atoms with van der Waals surface area (Å²) in [6, 6.07) is 6.16. The number of ether oxygens (including phenoxy) is 1. The van der Waals surface area contributed by atoms with Crippen molar-refractivity contribution in [2.45, 2.75) is 46.0 Å². The van der Waals surface area contributed by atoms with Crippen molar-refractivity contribution in [1.82, 2.24) is 5.32 Å². The fourth-order valence-electron chi connectivity index (χ4n) is 2.13. The molecule has 21 heavy (non-hydrogen) atoms. The fourth-order valence-corrected chi connectivity index (χ4v) is 2.13. The lowest BCUT2D eigenvalue weighted by Gasteiger charge is -2.08. The lowest BCUT2D eigenvalue weighted by atomic mass is 10.0. The third-order valence-corrected chi connectivity index (χ3v) is 3.46. The number of benzene rings is 1. The maximum Gasteiger partial charge on any atom is 0.305 e. The summed E-state index contributed by atoms with van der Waals surface area (Å²) in [7, 11) is 1.40. The molecule has 1 aromatic carbocycles. The molecule has 1 rings (SSSR count). The van der Waals surface area contributed by atoms with E-state index in [1.165, 1.54) is 12.7 Å². The highest BCUT2D eigenvalue weighted by Crippen LogP contribution is 2.11. The first kappa shape index (κ1) is 17.2. The van der Waals surface area contributed by atoms with Crippen LogP contribution in [0.5, 0.6) is 0 Å². The zero-order valence-electron chi connectivity index (χ0n) is 13.2. The van der Waals surface area contributed by atoms with E-state index in [-0.39, 0.29) is 11.9 Å². The van der Waals surface area contributed by atoms with Crippen LogP contribution in [0.4, 0.5) is 0 Å². The van der Waals surface area contributed by atoms with Crippen LogP contribution in [0.1, 0.15) is 42.4 Å². The number of carbonyl (C=O) groups excluding carboxylic acids is 2. The van der Waals surface area contributed by atoms with Crippen LogP contribution in [0.25, 0.3) is 0 Å². The zero-order valence-corrected chi connectivity index (χ0v) is 13.2. The van der Waals surface area contributed by atoms with Crippen molar-refractivity contribution in [2.75, 3.05) is 13.7 Å². The summed E-state index contributed by atoms with van der Waals surface area (Å²) >= 11 is 0. The van der Waals surface area contributed by atoms with Gasteiger partial charge in [0.25, 0.3) is 0 Å². The highest BCUT2D eigenvalue weighted by molar-refractivity contribution is 5.78. The molecule has 0 aliphatic heterocycles. The Bertz CT molecular complexity index is 483. The van der Waals surface area contributed by atoms with E-state index in [1.807, 2.05) is 19.9 Å². The smallest absolute Gasteiger partial charge is 0.305 e. The van der Waals surface area contributed by atoms with Gasteiger partial charge in [0.2, 0.25) is 5.91 Å². The van der Waals surface area contributed by atoms with E-state index < -0.39 is 0 Å². The first-order chi connectivity index (χ1) is 10.0. The fraction of sp³-hybridized carbons (Fsp3) is 0.529. The third-order valence-electron chi connectivity index (χ3n) is 3.46. The number of unbranched alkanes of at least 4 members (excludes halogenated alkanes) is 2. The maximum absolute atomic E-state index is 11.9. The minimum atomic E-state index is -0.172. The van der Waals surface area contributed by atoms with Gasteiger partial charge in [0.15, 0.2) is 0 Å². The molecule has 0 radical (unpaired) electrons. The SMILES string of the molecule is COC(=O)CCCCCNC(=O)Cc1cc(C)ccc1C. The lowest BCUT2D eigenvalue weighted by Crippen LogP contribution is -2.26. The highest BCUT2D eigenvalue weighted by Gasteiger charge is 2.06. The Labute approximate surface area is 126 Å². The van der Waals surface area contributed by atoms with Gasteiger partial charge in [-0.15, -0.1) is 0 Å². The van der Waals surface area contributed by atoms with Gasteiger partial charge in [-0.3, -0.25) is 9.59 Å². The summed E-state index contributed by atoms with van der Waals surface area (Å²) in [5.74, 6) is -0.120. The van der Waals surface area contributed by atoms with E-state index in [1.54, 1.807) is 0 Å². The maximum atomic E-state index is 11.9. The number of rotatable bonds is 8. The standard InChI is InChI=1S/C17H25NO3/c1-13-8-9-14(2)15(11-13)12-16(19)18-10-6-4-5-7-17(20)21-3/h8-9,11H,4-7,10,12H2,1-3H3,(H,18,19). The van der Waals surface area contributed by atoms with Gasteiger partial charge >= 0.3 is 5.97 Å². The summed E-state index contributed by atoms with van der Waals surface area (Å²) < 4.78 is 4.57. The molecule has 1 N–H and O–H groups in total. The van der Waals surface area contributed by atoms with Crippen molar-refractivity contribution in [2.24, 2.45) is 0 Å². The minimum absolute atomic E-state index is 0.0525. The molecule has 0 saturated carbocycles. The Balaban J connectivity index is 2.20. The number of esters is 1. The predicted octanol–water partition coefficient (Wildman–Crippen LogP) is 2.70. The van der Waals surface area contributed by atoms with Crippen LogP contribution in [-0.4, -0.2) is 25.5 Å². The number of nitrogens with one attached hydrogen (secondary N) is 1. The van der Waals surface area contributed by atoms with Crippen LogP contribution in [0.2, 0.25) is 0 Å². The molecule has 0 saturated heterocycles. The van der Waals surface area contributed by atoms with E-state index in [4.69, 9.17) is 0 Å².